The summed E-state index contributed by atoms with van der Waals surface area (Å²) in [5.74, 6) is -1.08. The molecule has 7 heteroatoms. The Morgan fingerprint density at radius 1 is 1.17 bits per heavy atom. The van der Waals surface area contributed by atoms with Crippen LogP contribution in [0.2, 0.25) is 10.0 Å². The lowest BCUT2D eigenvalue weighted by Gasteiger charge is -2.16. The molecule has 0 amide bonds. The van der Waals surface area contributed by atoms with Crippen molar-refractivity contribution in [2.75, 3.05) is 0 Å². The smallest absolute Gasteiger partial charge is 0.271 e. The lowest BCUT2D eigenvalue weighted by atomic mass is 9.97. The van der Waals surface area contributed by atoms with E-state index in [9.17, 15) is 20.0 Å². The summed E-state index contributed by atoms with van der Waals surface area (Å²) < 4.78 is 1.05. The van der Waals surface area contributed by atoms with Crippen molar-refractivity contribution in [1.82, 2.24) is 4.57 Å². The van der Waals surface area contributed by atoms with Gasteiger partial charge in [-0.25, -0.2) is 0 Å². The normalized spacial score (nSPS) is 10.6. The number of hydrogen-bond donors (Lipinski definition) is 1. The van der Waals surface area contributed by atoms with Gasteiger partial charge in [0.05, 0.1) is 10.6 Å². The lowest BCUT2D eigenvalue weighted by Crippen LogP contribution is -2.27. The van der Waals surface area contributed by atoms with Gasteiger partial charge in [-0.15, -0.1) is 0 Å². The van der Waals surface area contributed by atoms with Crippen LogP contribution in [0.4, 0.5) is 0 Å². The van der Waals surface area contributed by atoms with Gasteiger partial charge in [0.2, 0.25) is 5.88 Å². The van der Waals surface area contributed by atoms with Gasteiger partial charge in [0.25, 0.3) is 5.56 Å². The van der Waals surface area contributed by atoms with Crippen molar-refractivity contribution in [1.29, 1.82) is 5.26 Å². The lowest BCUT2D eigenvalue weighted by molar-refractivity contribution is 0.103. The summed E-state index contributed by atoms with van der Waals surface area (Å²) in [5.41, 5.74) is 0.222. The van der Waals surface area contributed by atoms with Crippen molar-refractivity contribution in [2.24, 2.45) is 0 Å². The average Bonchev–Trinajstić information content (AvgIpc) is 2.69. The molecular formula is C22H16Cl2N2O3. The number of aryl methyl sites for hydroxylation is 1. The van der Waals surface area contributed by atoms with E-state index in [0.717, 1.165) is 10.1 Å². The zero-order valence-electron chi connectivity index (χ0n) is 15.4. The minimum absolute atomic E-state index is 0.109. The molecule has 3 aromatic rings. The van der Waals surface area contributed by atoms with E-state index in [0.29, 0.717) is 11.4 Å². The minimum atomic E-state index is -0.641. The second-order valence-corrected chi connectivity index (χ2v) is 7.30. The monoisotopic (exact) mass is 426 g/mol. The van der Waals surface area contributed by atoms with Crippen LogP contribution in [0.15, 0.2) is 53.3 Å². The highest BCUT2D eigenvalue weighted by molar-refractivity contribution is 6.37. The first kappa shape index (κ1) is 20.7. The number of nitrogens with zero attached hydrogens (tertiary/aromatic N) is 2. The molecule has 0 aliphatic heterocycles. The van der Waals surface area contributed by atoms with E-state index in [1.54, 1.807) is 0 Å². The number of aromatic hydroxyl groups is 1. The number of benzene rings is 2. The Bertz CT molecular complexity index is 1200. The molecule has 0 unspecified atom stereocenters. The SMILES string of the molecule is Cc1c(C(=O)c2ccc(Cl)cc2Cl)c(O)n(CCc2ccccc2)c(=O)c1C#N. The molecular weight excluding hydrogens is 411 g/mol. The van der Waals surface area contributed by atoms with Gasteiger partial charge in [-0.2, -0.15) is 5.26 Å². The van der Waals surface area contributed by atoms with E-state index >= 15 is 0 Å². The van der Waals surface area contributed by atoms with Gasteiger partial charge >= 0.3 is 0 Å². The minimum Gasteiger partial charge on any atom is -0.494 e. The van der Waals surface area contributed by atoms with Gasteiger partial charge in [-0.05, 0) is 42.7 Å². The van der Waals surface area contributed by atoms with E-state index < -0.39 is 17.2 Å². The summed E-state index contributed by atoms with van der Waals surface area (Å²) in [6.45, 7) is 1.57. The first-order valence-corrected chi connectivity index (χ1v) is 9.51. The molecule has 0 saturated heterocycles. The Morgan fingerprint density at radius 2 is 1.86 bits per heavy atom. The predicted octanol–water partition coefficient (Wildman–Crippen LogP) is 4.51. The summed E-state index contributed by atoms with van der Waals surface area (Å²) in [6, 6.07) is 15.6. The predicted molar refractivity (Wildman–Crippen MR) is 112 cm³/mol. The summed E-state index contributed by atoms with van der Waals surface area (Å²) in [7, 11) is 0. The third kappa shape index (κ3) is 4.04. The fourth-order valence-corrected chi connectivity index (χ4v) is 3.62. The largest absolute Gasteiger partial charge is 0.494 e. The second-order valence-electron chi connectivity index (χ2n) is 6.46. The molecule has 0 aliphatic rings. The van der Waals surface area contributed by atoms with Crippen molar-refractivity contribution in [3.05, 3.63) is 96.7 Å². The Morgan fingerprint density at radius 3 is 2.48 bits per heavy atom. The molecule has 0 radical (unpaired) electrons. The number of rotatable bonds is 5. The maximum atomic E-state index is 13.1. The molecule has 1 heterocycles. The van der Waals surface area contributed by atoms with Crippen LogP contribution in [0.1, 0.15) is 32.6 Å². The van der Waals surface area contributed by atoms with Crippen molar-refractivity contribution in [3.63, 3.8) is 0 Å². The van der Waals surface area contributed by atoms with Crippen LogP contribution in [0.3, 0.4) is 0 Å². The van der Waals surface area contributed by atoms with E-state index in [1.165, 1.54) is 25.1 Å². The maximum Gasteiger partial charge on any atom is 0.271 e. The summed E-state index contributed by atoms with van der Waals surface area (Å²) in [5, 5.41) is 20.7. The Balaban J connectivity index is 2.13. The number of carbonyl (C=O) groups is 1. The number of pyridine rings is 1. The van der Waals surface area contributed by atoms with Crippen LogP contribution in [-0.2, 0) is 13.0 Å². The number of ketones is 1. The Hall–Kier alpha value is -3.07. The summed E-state index contributed by atoms with van der Waals surface area (Å²) in [4.78, 5) is 25.8. The third-order valence-electron chi connectivity index (χ3n) is 4.67. The summed E-state index contributed by atoms with van der Waals surface area (Å²) >= 11 is 12.0. The zero-order valence-corrected chi connectivity index (χ0v) is 17.0. The van der Waals surface area contributed by atoms with Gasteiger partial charge in [0.1, 0.15) is 11.6 Å². The fraction of sp³-hybridized carbons (Fsp3) is 0.136. The van der Waals surface area contributed by atoms with Crippen LogP contribution in [-0.4, -0.2) is 15.5 Å². The van der Waals surface area contributed by atoms with Crippen LogP contribution >= 0.6 is 23.2 Å². The zero-order chi connectivity index (χ0) is 21.1. The van der Waals surface area contributed by atoms with Gasteiger partial charge in [0, 0.05) is 17.1 Å². The molecule has 3 rings (SSSR count). The summed E-state index contributed by atoms with van der Waals surface area (Å²) in [6.07, 6.45) is 0.442. The van der Waals surface area contributed by atoms with Crippen LogP contribution in [0, 0.1) is 18.3 Å². The number of nitriles is 1. The third-order valence-corrected chi connectivity index (χ3v) is 5.22. The first-order valence-electron chi connectivity index (χ1n) is 8.75. The van der Waals surface area contributed by atoms with Gasteiger partial charge in [-0.3, -0.25) is 14.2 Å². The molecule has 146 valence electrons. The highest BCUT2D eigenvalue weighted by atomic mass is 35.5. The average molecular weight is 427 g/mol. The molecule has 2 aromatic carbocycles. The highest BCUT2D eigenvalue weighted by Crippen LogP contribution is 2.29. The second kappa shape index (κ2) is 8.52. The highest BCUT2D eigenvalue weighted by Gasteiger charge is 2.26. The standard InChI is InChI=1S/C22H16Cl2N2O3/c1-13-17(12-25)21(28)26(10-9-14-5-3-2-4-6-14)22(29)19(13)20(27)16-8-7-15(23)11-18(16)24/h2-8,11,29H,9-10H2,1H3. The first-order chi connectivity index (χ1) is 13.8. The molecule has 0 fully saturated rings. The molecule has 1 aromatic heterocycles. The topological polar surface area (TPSA) is 83.1 Å². The van der Waals surface area contributed by atoms with E-state index in [4.69, 9.17) is 23.2 Å². The van der Waals surface area contributed by atoms with E-state index in [-0.39, 0.29) is 33.8 Å². The van der Waals surface area contributed by atoms with E-state index in [1.807, 2.05) is 36.4 Å². The van der Waals surface area contributed by atoms with Gasteiger partial charge in [-0.1, -0.05) is 53.5 Å². The van der Waals surface area contributed by atoms with E-state index in [2.05, 4.69) is 0 Å². The quantitative estimate of drug-likeness (QED) is 0.608. The number of carbonyl (C=O) groups excluding carboxylic acids is 1. The molecule has 5 nitrogen and oxygen atoms in total. The molecule has 1 N–H and O–H groups in total. The van der Waals surface area contributed by atoms with Gasteiger partial charge < -0.3 is 5.11 Å². The molecule has 0 bridgehead atoms. The Labute approximate surface area is 177 Å². The van der Waals surface area contributed by atoms with Crippen molar-refractivity contribution < 1.29 is 9.90 Å². The number of halogens is 2. The van der Waals surface area contributed by atoms with Crippen LogP contribution in [0.5, 0.6) is 5.88 Å². The van der Waals surface area contributed by atoms with Crippen molar-refractivity contribution in [3.8, 4) is 11.9 Å². The van der Waals surface area contributed by atoms with Crippen LogP contribution in [0.25, 0.3) is 0 Å². The molecule has 0 spiro atoms. The van der Waals surface area contributed by atoms with Gasteiger partial charge in [0.15, 0.2) is 5.78 Å². The number of hydrogen-bond acceptors (Lipinski definition) is 4. The number of aromatic nitrogens is 1. The molecule has 29 heavy (non-hydrogen) atoms. The maximum absolute atomic E-state index is 13.1. The van der Waals surface area contributed by atoms with Crippen molar-refractivity contribution in [2.45, 2.75) is 19.9 Å². The molecule has 0 aliphatic carbocycles. The van der Waals surface area contributed by atoms with Crippen LogP contribution < -0.4 is 5.56 Å². The molecule has 0 atom stereocenters. The van der Waals surface area contributed by atoms with Crippen molar-refractivity contribution >= 4 is 29.0 Å². The molecule has 0 saturated carbocycles. The fourth-order valence-electron chi connectivity index (χ4n) is 3.12. The Kier molecular flexibility index (Phi) is 6.07.